The fraction of sp³-hybridized carbons (Fsp3) is 0.100. The SMILES string of the molecule is O=C(NCc1ncn[nH]1)c1cc(Br)ccc1Cl. The summed E-state index contributed by atoms with van der Waals surface area (Å²) < 4.78 is 0.798. The number of carbonyl (C=O) groups is 1. The van der Waals surface area contributed by atoms with Gasteiger partial charge >= 0.3 is 0 Å². The van der Waals surface area contributed by atoms with Crippen molar-refractivity contribution in [2.75, 3.05) is 0 Å². The van der Waals surface area contributed by atoms with Crippen molar-refractivity contribution in [1.29, 1.82) is 0 Å². The van der Waals surface area contributed by atoms with Crippen LogP contribution in [0.4, 0.5) is 0 Å². The fourth-order valence-corrected chi connectivity index (χ4v) is 1.81. The second-order valence-electron chi connectivity index (χ2n) is 3.24. The third-order valence-electron chi connectivity index (χ3n) is 2.05. The number of halogens is 2. The summed E-state index contributed by atoms with van der Waals surface area (Å²) in [6.45, 7) is 0.279. The lowest BCUT2D eigenvalue weighted by molar-refractivity contribution is 0.0950. The summed E-state index contributed by atoms with van der Waals surface area (Å²) in [6.07, 6.45) is 1.38. The number of hydrogen-bond donors (Lipinski definition) is 2. The van der Waals surface area contributed by atoms with Gasteiger partial charge in [-0.05, 0) is 18.2 Å². The average Bonchev–Trinajstić information content (AvgIpc) is 2.82. The first kappa shape index (κ1) is 12.1. The van der Waals surface area contributed by atoms with Gasteiger partial charge in [-0.25, -0.2) is 4.98 Å². The first-order chi connectivity index (χ1) is 8.16. The summed E-state index contributed by atoms with van der Waals surface area (Å²) in [5.41, 5.74) is 0.417. The average molecular weight is 316 g/mol. The molecule has 0 atom stereocenters. The van der Waals surface area contributed by atoms with Crippen LogP contribution in [0, 0.1) is 0 Å². The largest absolute Gasteiger partial charge is 0.345 e. The minimum absolute atomic E-state index is 0.257. The summed E-state index contributed by atoms with van der Waals surface area (Å²) in [6, 6.07) is 5.10. The molecule has 0 saturated heterocycles. The normalized spacial score (nSPS) is 10.2. The summed E-state index contributed by atoms with van der Waals surface area (Å²) in [7, 11) is 0. The molecular formula is C10H8BrClN4O. The molecule has 17 heavy (non-hydrogen) atoms. The van der Waals surface area contributed by atoms with Crippen LogP contribution >= 0.6 is 27.5 Å². The van der Waals surface area contributed by atoms with E-state index >= 15 is 0 Å². The van der Waals surface area contributed by atoms with Gasteiger partial charge in [0.15, 0.2) is 0 Å². The van der Waals surface area contributed by atoms with E-state index in [0.29, 0.717) is 16.4 Å². The van der Waals surface area contributed by atoms with Crippen molar-refractivity contribution in [3.63, 3.8) is 0 Å². The van der Waals surface area contributed by atoms with Crippen LogP contribution in [0.1, 0.15) is 16.2 Å². The maximum Gasteiger partial charge on any atom is 0.253 e. The second-order valence-corrected chi connectivity index (χ2v) is 4.56. The van der Waals surface area contributed by atoms with Crippen molar-refractivity contribution in [1.82, 2.24) is 20.5 Å². The zero-order valence-electron chi connectivity index (χ0n) is 8.58. The van der Waals surface area contributed by atoms with Gasteiger partial charge in [-0.1, -0.05) is 27.5 Å². The summed E-state index contributed by atoms with van der Waals surface area (Å²) >= 11 is 9.22. The van der Waals surface area contributed by atoms with Gasteiger partial charge in [0.05, 0.1) is 17.1 Å². The first-order valence-corrected chi connectivity index (χ1v) is 5.91. The molecule has 1 aromatic heterocycles. The highest BCUT2D eigenvalue weighted by atomic mass is 79.9. The molecular weight excluding hydrogens is 307 g/mol. The molecule has 2 rings (SSSR count). The van der Waals surface area contributed by atoms with Crippen LogP contribution in [-0.4, -0.2) is 21.1 Å². The Morgan fingerprint density at radius 2 is 2.35 bits per heavy atom. The van der Waals surface area contributed by atoms with E-state index in [2.05, 4.69) is 36.4 Å². The van der Waals surface area contributed by atoms with Gasteiger partial charge in [0.25, 0.3) is 5.91 Å². The molecule has 0 spiro atoms. The highest BCUT2D eigenvalue weighted by molar-refractivity contribution is 9.10. The minimum atomic E-state index is -0.257. The number of benzene rings is 1. The van der Waals surface area contributed by atoms with E-state index in [1.807, 2.05) is 0 Å². The Kier molecular flexibility index (Phi) is 3.75. The Hall–Kier alpha value is -1.40. The molecule has 88 valence electrons. The van der Waals surface area contributed by atoms with Crippen LogP contribution in [0.5, 0.6) is 0 Å². The summed E-state index contributed by atoms with van der Waals surface area (Å²) in [5.74, 6) is 0.331. The Morgan fingerprint density at radius 1 is 1.53 bits per heavy atom. The van der Waals surface area contributed by atoms with Crippen molar-refractivity contribution in [3.8, 4) is 0 Å². The van der Waals surface area contributed by atoms with E-state index in [4.69, 9.17) is 11.6 Å². The predicted octanol–water partition coefficient (Wildman–Crippen LogP) is 2.15. The van der Waals surface area contributed by atoms with Crippen LogP contribution in [0.25, 0.3) is 0 Å². The molecule has 5 nitrogen and oxygen atoms in total. The molecule has 1 heterocycles. The molecule has 0 aliphatic heterocycles. The quantitative estimate of drug-likeness (QED) is 0.911. The van der Waals surface area contributed by atoms with Gasteiger partial charge in [-0.3, -0.25) is 9.89 Å². The van der Waals surface area contributed by atoms with E-state index < -0.39 is 0 Å². The smallest absolute Gasteiger partial charge is 0.253 e. The minimum Gasteiger partial charge on any atom is -0.345 e. The lowest BCUT2D eigenvalue weighted by Gasteiger charge is -2.05. The van der Waals surface area contributed by atoms with E-state index in [0.717, 1.165) is 4.47 Å². The molecule has 2 N–H and O–H groups in total. The number of nitrogens with one attached hydrogen (secondary N) is 2. The highest BCUT2D eigenvalue weighted by Gasteiger charge is 2.10. The van der Waals surface area contributed by atoms with Crippen LogP contribution in [0.15, 0.2) is 29.0 Å². The predicted molar refractivity (Wildman–Crippen MR) is 66.7 cm³/mol. The van der Waals surface area contributed by atoms with Crippen LogP contribution in [0.2, 0.25) is 5.02 Å². The van der Waals surface area contributed by atoms with Crippen molar-refractivity contribution < 1.29 is 4.79 Å². The van der Waals surface area contributed by atoms with Gasteiger partial charge in [0, 0.05) is 4.47 Å². The second kappa shape index (κ2) is 5.29. The lowest BCUT2D eigenvalue weighted by atomic mass is 10.2. The van der Waals surface area contributed by atoms with E-state index in [1.54, 1.807) is 18.2 Å². The van der Waals surface area contributed by atoms with Crippen molar-refractivity contribution >= 4 is 33.4 Å². The monoisotopic (exact) mass is 314 g/mol. The maximum absolute atomic E-state index is 11.8. The van der Waals surface area contributed by atoms with Crippen molar-refractivity contribution in [3.05, 3.63) is 45.4 Å². The van der Waals surface area contributed by atoms with Gasteiger partial charge in [0.1, 0.15) is 12.2 Å². The highest BCUT2D eigenvalue weighted by Crippen LogP contribution is 2.20. The van der Waals surface area contributed by atoms with Crippen molar-refractivity contribution in [2.45, 2.75) is 6.54 Å². The van der Waals surface area contributed by atoms with Gasteiger partial charge < -0.3 is 5.32 Å². The number of rotatable bonds is 3. The fourth-order valence-electron chi connectivity index (χ4n) is 1.25. The lowest BCUT2D eigenvalue weighted by Crippen LogP contribution is -2.23. The number of carbonyl (C=O) groups excluding carboxylic acids is 1. The van der Waals surface area contributed by atoms with E-state index in [1.165, 1.54) is 6.33 Å². The Labute approximate surface area is 111 Å². The molecule has 7 heteroatoms. The Bertz CT molecular complexity index is 529. The number of H-pyrrole nitrogens is 1. The molecule has 0 unspecified atom stereocenters. The number of nitrogens with zero attached hydrogens (tertiary/aromatic N) is 2. The molecule has 0 radical (unpaired) electrons. The van der Waals surface area contributed by atoms with Crippen LogP contribution in [0.3, 0.4) is 0 Å². The summed E-state index contributed by atoms with van der Waals surface area (Å²) in [4.78, 5) is 15.7. The van der Waals surface area contributed by atoms with Crippen LogP contribution in [-0.2, 0) is 6.54 Å². The maximum atomic E-state index is 11.8. The standard InChI is InChI=1S/C10H8BrClN4O/c11-6-1-2-8(12)7(3-6)10(17)13-4-9-14-5-15-16-9/h1-3,5H,4H2,(H,13,17)(H,14,15,16). The Morgan fingerprint density at radius 3 is 3.06 bits per heavy atom. The van der Waals surface area contributed by atoms with E-state index in [9.17, 15) is 4.79 Å². The Balaban J connectivity index is 2.07. The van der Waals surface area contributed by atoms with E-state index in [-0.39, 0.29) is 12.5 Å². The van der Waals surface area contributed by atoms with Crippen LogP contribution < -0.4 is 5.32 Å². The molecule has 2 aromatic rings. The molecule has 1 amide bonds. The molecule has 1 aromatic carbocycles. The number of aromatic nitrogens is 3. The molecule has 0 fully saturated rings. The van der Waals surface area contributed by atoms with Gasteiger partial charge in [0.2, 0.25) is 0 Å². The first-order valence-electron chi connectivity index (χ1n) is 4.74. The van der Waals surface area contributed by atoms with Gasteiger partial charge in [-0.15, -0.1) is 0 Å². The zero-order chi connectivity index (χ0) is 12.3. The molecule has 0 aliphatic rings. The number of hydrogen-bond acceptors (Lipinski definition) is 3. The summed E-state index contributed by atoms with van der Waals surface area (Å²) in [5, 5.41) is 9.43. The zero-order valence-corrected chi connectivity index (χ0v) is 10.9. The molecule has 0 bridgehead atoms. The van der Waals surface area contributed by atoms with Gasteiger partial charge in [-0.2, -0.15) is 5.10 Å². The van der Waals surface area contributed by atoms with Crippen molar-refractivity contribution in [2.24, 2.45) is 0 Å². The number of amides is 1. The third-order valence-corrected chi connectivity index (χ3v) is 2.88. The topological polar surface area (TPSA) is 70.7 Å². The number of aromatic amines is 1. The molecule has 0 aliphatic carbocycles. The third kappa shape index (κ3) is 3.04. The molecule has 0 saturated carbocycles.